The Labute approximate surface area is 192 Å². The van der Waals surface area contributed by atoms with Crippen molar-refractivity contribution in [3.8, 4) is 0 Å². The Kier molecular flexibility index (Phi) is 3.81. The minimum Gasteiger partial charge on any atom is -0.0622 e. The Hall–Kier alpha value is -3.12. The van der Waals surface area contributed by atoms with E-state index in [2.05, 4.69) is 137 Å². The summed E-state index contributed by atoms with van der Waals surface area (Å²) in [6.45, 7) is 9.38. The average molecular weight is 415 g/mol. The lowest BCUT2D eigenvalue weighted by atomic mass is 9.61. The lowest BCUT2D eigenvalue weighted by molar-refractivity contribution is 0.344. The maximum absolute atomic E-state index is 2.51. The van der Waals surface area contributed by atoms with Crippen LogP contribution in [-0.2, 0) is 21.7 Å². The first-order chi connectivity index (χ1) is 15.5. The highest BCUT2D eigenvalue weighted by atomic mass is 15.1. The molecule has 32 heavy (non-hydrogen) atoms. The Morgan fingerprint density at radius 2 is 0.688 bits per heavy atom. The number of aryl methyl sites for hydroxylation is 2. The molecule has 0 amide bonds. The van der Waals surface area contributed by atoms with E-state index in [-0.39, 0.29) is 21.7 Å². The van der Waals surface area contributed by atoms with Crippen molar-refractivity contribution in [3.63, 3.8) is 0 Å². The Bertz CT molecular complexity index is 1170. The summed E-state index contributed by atoms with van der Waals surface area (Å²) in [6.07, 6.45) is 0. The predicted molar refractivity (Wildman–Crippen MR) is 133 cm³/mol. The Morgan fingerprint density at radius 1 is 0.375 bits per heavy atom. The molecule has 0 saturated heterocycles. The van der Waals surface area contributed by atoms with Gasteiger partial charge in [0.15, 0.2) is 0 Å². The lowest BCUT2D eigenvalue weighted by Gasteiger charge is -2.41. The molecule has 2 fully saturated rings. The fraction of sp³-hybridized carbons (Fsp3) is 0.250. The molecule has 2 aliphatic carbocycles. The molecule has 0 unspecified atom stereocenters. The SMILES string of the molecule is Cc1ccc(C23C(C)(c4ccccc4)C2(c2ccc(C)cc2)C3(C)c2ccccc2)cc1. The normalized spacial score (nSPS) is 32.2. The molecule has 0 nitrogen and oxygen atoms in total. The second kappa shape index (κ2) is 6.23. The first-order valence-electron chi connectivity index (χ1n) is 11.7. The molecule has 4 aromatic carbocycles. The smallest absolute Gasteiger partial charge is 0.0274 e. The van der Waals surface area contributed by atoms with Crippen molar-refractivity contribution in [1.29, 1.82) is 0 Å². The largest absolute Gasteiger partial charge is 0.0622 e. The molecule has 4 aromatic rings. The van der Waals surface area contributed by atoms with Crippen LogP contribution >= 0.6 is 0 Å². The van der Waals surface area contributed by atoms with Crippen LogP contribution in [0.3, 0.4) is 0 Å². The molecular weight excluding hydrogens is 384 g/mol. The van der Waals surface area contributed by atoms with Gasteiger partial charge in [-0.3, -0.25) is 0 Å². The first-order valence-corrected chi connectivity index (χ1v) is 11.7. The van der Waals surface area contributed by atoms with E-state index in [0.29, 0.717) is 0 Å². The summed E-state index contributed by atoms with van der Waals surface area (Å²) in [5, 5.41) is 0. The maximum atomic E-state index is 2.51. The highest BCUT2D eigenvalue weighted by molar-refractivity contribution is 5.85. The summed E-state index contributed by atoms with van der Waals surface area (Å²) in [4.78, 5) is 0. The van der Waals surface area contributed by atoms with Gasteiger partial charge in [0.05, 0.1) is 0 Å². The van der Waals surface area contributed by atoms with E-state index in [9.17, 15) is 0 Å². The molecule has 158 valence electrons. The van der Waals surface area contributed by atoms with Crippen molar-refractivity contribution >= 4 is 0 Å². The van der Waals surface area contributed by atoms with E-state index < -0.39 is 0 Å². The third-order valence-corrected chi connectivity index (χ3v) is 9.11. The van der Waals surface area contributed by atoms with Crippen molar-refractivity contribution in [2.45, 2.75) is 49.4 Å². The Balaban J connectivity index is 1.69. The van der Waals surface area contributed by atoms with E-state index in [1.165, 1.54) is 33.4 Å². The van der Waals surface area contributed by atoms with Crippen molar-refractivity contribution < 1.29 is 0 Å². The van der Waals surface area contributed by atoms with Gasteiger partial charge in [0, 0.05) is 21.7 Å². The predicted octanol–water partition coefficient (Wildman–Crippen LogP) is 7.42. The maximum Gasteiger partial charge on any atom is 0.0274 e. The highest BCUT2D eigenvalue weighted by Gasteiger charge is 3.09. The number of fused-ring (bicyclic) bond motifs is 1. The molecule has 0 atom stereocenters. The second-order valence-corrected chi connectivity index (χ2v) is 10.2. The molecule has 2 saturated carbocycles. The van der Waals surface area contributed by atoms with E-state index in [0.717, 1.165) is 0 Å². The summed E-state index contributed by atoms with van der Waals surface area (Å²) >= 11 is 0. The zero-order valence-electron chi connectivity index (χ0n) is 19.4. The van der Waals surface area contributed by atoms with Crippen LogP contribution in [0.1, 0.15) is 47.2 Å². The molecule has 0 bridgehead atoms. The van der Waals surface area contributed by atoms with Crippen LogP contribution < -0.4 is 0 Å². The van der Waals surface area contributed by atoms with Gasteiger partial charge in [-0.05, 0) is 36.1 Å². The number of hydrogen-bond donors (Lipinski definition) is 0. The van der Waals surface area contributed by atoms with Gasteiger partial charge in [-0.1, -0.05) is 134 Å². The first kappa shape index (κ1) is 19.6. The molecule has 2 aliphatic rings. The number of rotatable bonds is 4. The number of hydrogen-bond acceptors (Lipinski definition) is 0. The van der Waals surface area contributed by atoms with Crippen molar-refractivity contribution in [2.24, 2.45) is 0 Å². The molecular formula is C32H30. The van der Waals surface area contributed by atoms with Gasteiger partial charge < -0.3 is 0 Å². The van der Waals surface area contributed by atoms with E-state index in [1.54, 1.807) is 0 Å². The van der Waals surface area contributed by atoms with Crippen molar-refractivity contribution in [3.05, 3.63) is 143 Å². The third kappa shape index (κ3) is 1.88. The zero-order valence-corrected chi connectivity index (χ0v) is 19.4. The van der Waals surface area contributed by atoms with Crippen LogP contribution in [0.2, 0.25) is 0 Å². The lowest BCUT2D eigenvalue weighted by Crippen LogP contribution is -2.42. The Morgan fingerprint density at radius 3 is 1.00 bits per heavy atom. The van der Waals surface area contributed by atoms with Gasteiger partial charge >= 0.3 is 0 Å². The van der Waals surface area contributed by atoms with Gasteiger partial charge in [0.1, 0.15) is 0 Å². The standard InChI is InChI=1S/C32H30/c1-23-15-19-27(20-16-23)31-29(3,25-11-7-5-8-12-25)32(31,28-21-17-24(2)18-22-28)30(31,4)26-13-9-6-10-14-26/h5-22H,1-4H3. The van der Waals surface area contributed by atoms with Gasteiger partial charge in [-0.25, -0.2) is 0 Å². The van der Waals surface area contributed by atoms with Crippen LogP contribution in [0.5, 0.6) is 0 Å². The van der Waals surface area contributed by atoms with Gasteiger partial charge in [-0.15, -0.1) is 0 Å². The summed E-state index contributed by atoms with van der Waals surface area (Å²) < 4.78 is 0. The van der Waals surface area contributed by atoms with Gasteiger partial charge in [-0.2, -0.15) is 0 Å². The summed E-state index contributed by atoms with van der Waals surface area (Å²) in [6, 6.07) is 41.1. The van der Waals surface area contributed by atoms with Gasteiger partial charge in [0.2, 0.25) is 0 Å². The van der Waals surface area contributed by atoms with Gasteiger partial charge in [0.25, 0.3) is 0 Å². The molecule has 0 aliphatic heterocycles. The van der Waals surface area contributed by atoms with Crippen molar-refractivity contribution in [1.82, 2.24) is 0 Å². The minimum atomic E-state index is 0.0126. The second-order valence-electron chi connectivity index (χ2n) is 10.2. The monoisotopic (exact) mass is 414 g/mol. The average Bonchev–Trinajstić information content (AvgIpc) is 3.61. The molecule has 0 heterocycles. The van der Waals surface area contributed by atoms with Crippen LogP contribution in [0, 0.1) is 13.8 Å². The van der Waals surface area contributed by atoms with Crippen LogP contribution in [0.15, 0.2) is 109 Å². The number of benzene rings is 4. The minimum absolute atomic E-state index is 0.0126. The fourth-order valence-electron chi connectivity index (χ4n) is 7.98. The fourth-order valence-corrected chi connectivity index (χ4v) is 7.98. The third-order valence-electron chi connectivity index (χ3n) is 9.11. The quantitative estimate of drug-likeness (QED) is 0.326. The van der Waals surface area contributed by atoms with Crippen LogP contribution in [0.4, 0.5) is 0 Å². The van der Waals surface area contributed by atoms with Crippen molar-refractivity contribution in [2.75, 3.05) is 0 Å². The van der Waals surface area contributed by atoms with E-state index in [4.69, 9.17) is 0 Å². The summed E-state index contributed by atoms with van der Waals surface area (Å²) in [5.41, 5.74) is 8.50. The summed E-state index contributed by atoms with van der Waals surface area (Å²) in [5.74, 6) is 0. The molecule has 0 radical (unpaired) electrons. The van der Waals surface area contributed by atoms with Crippen LogP contribution in [0.25, 0.3) is 0 Å². The highest BCUT2D eigenvalue weighted by Crippen LogP contribution is 3.03. The van der Waals surface area contributed by atoms with E-state index >= 15 is 0 Å². The zero-order chi connectivity index (χ0) is 22.2. The van der Waals surface area contributed by atoms with Crippen LogP contribution in [-0.4, -0.2) is 0 Å². The topological polar surface area (TPSA) is 0 Å². The molecule has 0 spiro atoms. The molecule has 6 rings (SSSR count). The van der Waals surface area contributed by atoms with E-state index in [1.807, 2.05) is 0 Å². The molecule has 0 aromatic heterocycles. The molecule has 0 heteroatoms. The molecule has 0 N–H and O–H groups in total. The summed E-state index contributed by atoms with van der Waals surface area (Å²) in [7, 11) is 0.